The summed E-state index contributed by atoms with van der Waals surface area (Å²) in [5.74, 6) is -0.0194. The third-order valence-corrected chi connectivity index (χ3v) is 2.66. The van der Waals surface area contributed by atoms with Crippen molar-refractivity contribution in [2.24, 2.45) is 0 Å². The van der Waals surface area contributed by atoms with E-state index in [9.17, 15) is 14.9 Å². The van der Waals surface area contributed by atoms with Gasteiger partial charge in [0.05, 0.1) is 10.5 Å². The molecule has 0 unspecified atom stereocenters. The highest BCUT2D eigenvalue weighted by Crippen LogP contribution is 2.22. The van der Waals surface area contributed by atoms with E-state index < -0.39 is 22.2 Å². The van der Waals surface area contributed by atoms with Gasteiger partial charge in [0.15, 0.2) is 0 Å². The largest absolute Gasteiger partial charge is 0.444 e. The molecule has 0 saturated carbocycles. The average Bonchev–Trinajstić information content (AvgIpc) is 2.33. The number of nitro groups is 1. The van der Waals surface area contributed by atoms with Gasteiger partial charge in [0.1, 0.15) is 11.8 Å². The van der Waals surface area contributed by atoms with Crippen LogP contribution in [0.4, 0.5) is 16.3 Å². The molecular weight excluding hydrogens is 326 g/mol. The van der Waals surface area contributed by atoms with Crippen molar-refractivity contribution in [2.75, 3.05) is 11.9 Å². The number of hydrogen-bond donors (Lipinski definition) is 2. The fourth-order valence-electron chi connectivity index (χ4n) is 1.55. The summed E-state index contributed by atoms with van der Waals surface area (Å²) in [5, 5.41) is 16.3. The number of anilines is 1. The molecule has 1 heterocycles. The molecule has 0 spiro atoms. The number of alkyl carbamates (subject to hydrolysis) is 1. The lowest BCUT2D eigenvalue weighted by Gasteiger charge is -2.28. The number of nitrogens with one attached hydrogen (secondary N) is 2. The first-order chi connectivity index (χ1) is 10.4. The maximum absolute atomic E-state index is 11.8. The number of carbonyl (C=O) groups excluding carboxylic acids is 1. The molecule has 10 heteroatoms. The molecule has 23 heavy (non-hydrogen) atoms. The number of carbonyl (C=O) groups is 1. The molecule has 1 aromatic rings. The van der Waals surface area contributed by atoms with Crippen LogP contribution in [0.2, 0.25) is 5.28 Å². The van der Waals surface area contributed by atoms with Crippen LogP contribution in [-0.2, 0) is 4.74 Å². The molecule has 0 saturated heterocycles. The minimum atomic E-state index is -0.742. The Hall–Kier alpha value is -2.16. The van der Waals surface area contributed by atoms with Gasteiger partial charge >= 0.3 is 11.8 Å². The van der Waals surface area contributed by atoms with Gasteiger partial charge in [-0.1, -0.05) is 0 Å². The lowest BCUT2D eigenvalue weighted by atomic mass is 10.1. The molecule has 2 N–H and O–H groups in total. The van der Waals surface area contributed by atoms with Gasteiger partial charge in [-0.2, -0.15) is 4.98 Å². The standard InChI is InChI=1S/C13H20ClN5O4/c1-12(2,3)23-11(20)18-13(4,5)7-16-9-8(19(21)22)6-15-10(14)17-9/h6H,7H2,1-5H3,(H,18,20)(H,15,16,17). The molecule has 0 aliphatic carbocycles. The van der Waals surface area contributed by atoms with Crippen LogP contribution in [0.1, 0.15) is 34.6 Å². The second-order valence-corrected chi connectivity index (χ2v) is 6.83. The number of amides is 1. The number of rotatable bonds is 5. The summed E-state index contributed by atoms with van der Waals surface area (Å²) < 4.78 is 5.17. The molecule has 0 aromatic carbocycles. The smallest absolute Gasteiger partial charge is 0.408 e. The molecule has 1 aromatic heterocycles. The molecule has 0 aliphatic rings. The molecule has 0 aliphatic heterocycles. The zero-order chi connectivity index (χ0) is 17.8. The summed E-state index contributed by atoms with van der Waals surface area (Å²) in [6.07, 6.45) is 0.436. The summed E-state index contributed by atoms with van der Waals surface area (Å²) in [7, 11) is 0. The molecule has 0 fully saturated rings. The average molecular weight is 346 g/mol. The van der Waals surface area contributed by atoms with E-state index in [-0.39, 0.29) is 23.3 Å². The minimum Gasteiger partial charge on any atom is -0.444 e. The van der Waals surface area contributed by atoms with Gasteiger partial charge in [0.25, 0.3) is 0 Å². The van der Waals surface area contributed by atoms with Crippen LogP contribution in [0.5, 0.6) is 0 Å². The van der Waals surface area contributed by atoms with Crippen molar-refractivity contribution in [3.05, 3.63) is 21.6 Å². The van der Waals surface area contributed by atoms with Gasteiger partial charge in [-0.3, -0.25) is 10.1 Å². The van der Waals surface area contributed by atoms with Crippen molar-refractivity contribution in [1.29, 1.82) is 0 Å². The van der Waals surface area contributed by atoms with Crippen molar-refractivity contribution in [2.45, 2.75) is 45.8 Å². The van der Waals surface area contributed by atoms with Crippen LogP contribution >= 0.6 is 11.6 Å². The number of hydrogen-bond acceptors (Lipinski definition) is 7. The normalized spacial score (nSPS) is 11.7. The molecule has 9 nitrogen and oxygen atoms in total. The molecule has 0 bridgehead atoms. The van der Waals surface area contributed by atoms with Crippen molar-refractivity contribution in [3.8, 4) is 0 Å². The molecule has 1 rings (SSSR count). The van der Waals surface area contributed by atoms with Crippen LogP contribution < -0.4 is 10.6 Å². The SMILES string of the molecule is CC(C)(CNc1nc(Cl)ncc1[N+](=O)[O-])NC(=O)OC(C)(C)C. The zero-order valence-electron chi connectivity index (χ0n) is 13.6. The van der Waals surface area contributed by atoms with Crippen molar-refractivity contribution < 1.29 is 14.5 Å². The summed E-state index contributed by atoms with van der Waals surface area (Å²) in [5.41, 5.74) is -1.66. The van der Waals surface area contributed by atoms with Crippen molar-refractivity contribution in [3.63, 3.8) is 0 Å². The molecule has 1 amide bonds. The van der Waals surface area contributed by atoms with Gasteiger partial charge in [-0.25, -0.2) is 9.78 Å². The summed E-state index contributed by atoms with van der Waals surface area (Å²) in [4.78, 5) is 29.5. The third-order valence-electron chi connectivity index (χ3n) is 2.47. The van der Waals surface area contributed by atoms with Crippen LogP contribution in [0, 0.1) is 10.1 Å². The Balaban J connectivity index is 2.75. The maximum atomic E-state index is 11.8. The highest BCUT2D eigenvalue weighted by atomic mass is 35.5. The summed E-state index contributed by atoms with van der Waals surface area (Å²) >= 11 is 5.65. The second-order valence-electron chi connectivity index (χ2n) is 6.49. The van der Waals surface area contributed by atoms with E-state index in [4.69, 9.17) is 16.3 Å². The van der Waals surface area contributed by atoms with Gasteiger partial charge in [0.2, 0.25) is 11.1 Å². The predicted molar refractivity (Wildman–Crippen MR) is 85.6 cm³/mol. The zero-order valence-corrected chi connectivity index (χ0v) is 14.4. The van der Waals surface area contributed by atoms with E-state index in [1.165, 1.54) is 0 Å². The predicted octanol–water partition coefficient (Wildman–Crippen LogP) is 2.75. The number of aromatic nitrogens is 2. The first kappa shape index (κ1) is 18.9. The number of halogens is 1. The Labute approximate surface area is 138 Å². The van der Waals surface area contributed by atoms with E-state index in [0.29, 0.717) is 0 Å². The van der Waals surface area contributed by atoms with Gasteiger partial charge < -0.3 is 15.4 Å². The van der Waals surface area contributed by atoms with Gasteiger partial charge in [0, 0.05) is 6.54 Å². The first-order valence-electron chi connectivity index (χ1n) is 6.81. The quantitative estimate of drug-likeness (QED) is 0.478. The second kappa shape index (κ2) is 6.95. The monoisotopic (exact) mass is 345 g/mol. The van der Waals surface area contributed by atoms with Crippen LogP contribution in [0.3, 0.4) is 0 Å². The Kier molecular flexibility index (Phi) is 5.70. The molecule has 0 radical (unpaired) electrons. The Morgan fingerprint density at radius 3 is 2.52 bits per heavy atom. The minimum absolute atomic E-state index is 0.0194. The number of ether oxygens (including phenoxy) is 1. The summed E-state index contributed by atoms with van der Waals surface area (Å²) in [6.45, 7) is 8.90. The molecular formula is C13H20ClN5O4. The van der Waals surface area contributed by atoms with E-state index in [1.807, 2.05) is 0 Å². The lowest BCUT2D eigenvalue weighted by Crippen LogP contribution is -2.50. The van der Waals surface area contributed by atoms with Crippen LogP contribution in [0.15, 0.2) is 6.20 Å². The van der Waals surface area contributed by atoms with E-state index in [1.54, 1.807) is 34.6 Å². The highest BCUT2D eigenvalue weighted by molar-refractivity contribution is 6.28. The molecule has 128 valence electrons. The van der Waals surface area contributed by atoms with Crippen molar-refractivity contribution >= 4 is 29.2 Å². The summed E-state index contributed by atoms with van der Waals surface area (Å²) in [6, 6.07) is 0. The van der Waals surface area contributed by atoms with Crippen molar-refractivity contribution in [1.82, 2.24) is 15.3 Å². The lowest BCUT2D eigenvalue weighted by molar-refractivity contribution is -0.384. The van der Waals surface area contributed by atoms with Gasteiger partial charge in [-0.15, -0.1) is 0 Å². The van der Waals surface area contributed by atoms with Gasteiger partial charge in [-0.05, 0) is 46.2 Å². The topological polar surface area (TPSA) is 119 Å². The van der Waals surface area contributed by atoms with E-state index >= 15 is 0 Å². The van der Waals surface area contributed by atoms with E-state index in [0.717, 1.165) is 6.20 Å². The molecule has 0 atom stereocenters. The van der Waals surface area contributed by atoms with Crippen LogP contribution in [0.25, 0.3) is 0 Å². The first-order valence-corrected chi connectivity index (χ1v) is 7.19. The number of nitrogens with zero attached hydrogens (tertiary/aromatic N) is 3. The Bertz CT molecular complexity index is 601. The maximum Gasteiger partial charge on any atom is 0.408 e. The fourth-order valence-corrected chi connectivity index (χ4v) is 1.68. The highest BCUT2D eigenvalue weighted by Gasteiger charge is 2.26. The Morgan fingerprint density at radius 2 is 2.00 bits per heavy atom. The van der Waals surface area contributed by atoms with E-state index in [2.05, 4.69) is 20.6 Å². The fraction of sp³-hybridized carbons (Fsp3) is 0.615. The van der Waals surface area contributed by atoms with Crippen LogP contribution in [-0.4, -0.2) is 38.7 Å². The Morgan fingerprint density at radius 1 is 1.39 bits per heavy atom. The third kappa shape index (κ3) is 6.64.